The highest BCUT2D eigenvalue weighted by atomic mass is 16.7. The number of unbranched alkanes of at least 4 members (excludes halogenated alkanes) is 11. The number of hydrogen-bond donors (Lipinski definition) is 0. The topological polar surface area (TPSA) is 35.5 Å². The second-order valence-electron chi connectivity index (χ2n) is 7.99. The number of allylic oxidation sites excluding steroid dienone is 6. The van der Waals surface area contributed by atoms with Gasteiger partial charge in [0.1, 0.15) is 6.29 Å². The average molecular weight is 483 g/mol. The van der Waals surface area contributed by atoms with E-state index >= 15 is 0 Å². The zero-order chi connectivity index (χ0) is 26.1. The number of ether oxygens (including phenoxy) is 2. The summed E-state index contributed by atoms with van der Waals surface area (Å²) in [6.07, 6.45) is 28.4. The summed E-state index contributed by atoms with van der Waals surface area (Å²) in [5, 5.41) is 0. The third kappa shape index (κ3) is 33.9. The van der Waals surface area contributed by atoms with Crippen LogP contribution in [0.2, 0.25) is 0 Å². The zero-order valence-electron chi connectivity index (χ0n) is 22.6. The molecule has 196 valence electrons. The van der Waals surface area contributed by atoms with Gasteiger partial charge in [-0.05, 0) is 83.1 Å². The van der Waals surface area contributed by atoms with Crippen molar-refractivity contribution in [1.82, 2.24) is 0 Å². The normalized spacial score (nSPS) is 10.3. The molecule has 0 amide bonds. The Hall–Kier alpha value is -2.33. The van der Waals surface area contributed by atoms with Gasteiger partial charge in [-0.3, -0.25) is 0 Å². The van der Waals surface area contributed by atoms with E-state index in [1.54, 1.807) is 12.2 Å². The van der Waals surface area contributed by atoms with Crippen LogP contribution in [0.5, 0.6) is 0 Å². The third-order valence-electron chi connectivity index (χ3n) is 4.98. The molecule has 0 aliphatic carbocycles. The molecule has 0 unspecified atom stereocenters. The number of carbonyl (C=O) groups excluding carboxylic acids is 1. The predicted octanol–water partition coefficient (Wildman–Crippen LogP) is 8.52. The smallest absolute Gasteiger partial charge is 0.157 e. The van der Waals surface area contributed by atoms with Gasteiger partial charge in [0, 0.05) is 19.6 Å². The van der Waals surface area contributed by atoms with Crippen LogP contribution in [-0.4, -0.2) is 25.8 Å². The van der Waals surface area contributed by atoms with E-state index in [9.17, 15) is 4.79 Å². The summed E-state index contributed by atoms with van der Waals surface area (Å²) < 4.78 is 11.0. The number of hydrogen-bond acceptors (Lipinski definition) is 3. The molecule has 0 aliphatic rings. The number of carbonyl (C=O) groups is 1. The Morgan fingerprint density at radius 1 is 0.629 bits per heavy atom. The lowest BCUT2D eigenvalue weighted by molar-refractivity contribution is -0.140. The zero-order valence-corrected chi connectivity index (χ0v) is 22.6. The van der Waals surface area contributed by atoms with Crippen LogP contribution >= 0.6 is 0 Å². The first-order valence-electron chi connectivity index (χ1n) is 13.5. The Morgan fingerprint density at radius 3 is 1.49 bits per heavy atom. The minimum absolute atomic E-state index is 0.00336. The van der Waals surface area contributed by atoms with Crippen molar-refractivity contribution >= 4 is 6.29 Å². The van der Waals surface area contributed by atoms with E-state index in [1.807, 2.05) is 26.0 Å². The maximum atomic E-state index is 10.0. The fourth-order valence-corrected chi connectivity index (χ4v) is 3.21. The Balaban J connectivity index is 0. The molecule has 0 saturated carbocycles. The molecule has 0 aromatic rings. The number of aldehydes is 1. The largest absolute Gasteiger partial charge is 0.353 e. The molecular weight excluding hydrogens is 432 g/mol. The molecule has 0 fully saturated rings. The van der Waals surface area contributed by atoms with E-state index < -0.39 is 0 Å². The first-order valence-corrected chi connectivity index (χ1v) is 13.5. The average Bonchev–Trinajstić information content (AvgIpc) is 2.86. The molecular formula is C32H50O3. The van der Waals surface area contributed by atoms with Gasteiger partial charge in [0.2, 0.25) is 0 Å². The summed E-state index contributed by atoms with van der Waals surface area (Å²) in [7, 11) is 0. The molecule has 3 heteroatoms. The maximum absolute atomic E-state index is 10.0. The van der Waals surface area contributed by atoms with E-state index in [-0.39, 0.29) is 6.29 Å². The van der Waals surface area contributed by atoms with Gasteiger partial charge in [0.05, 0.1) is 0 Å². The first kappa shape index (κ1) is 34.8. The lowest BCUT2D eigenvalue weighted by atomic mass is 10.1. The van der Waals surface area contributed by atoms with Gasteiger partial charge in [0.25, 0.3) is 0 Å². The van der Waals surface area contributed by atoms with E-state index in [2.05, 4.69) is 49.0 Å². The Labute approximate surface area is 217 Å². The number of rotatable bonds is 20. The Morgan fingerprint density at radius 2 is 1.06 bits per heavy atom. The highest BCUT2D eigenvalue weighted by Gasteiger charge is 2.06. The molecule has 0 atom stereocenters. The summed E-state index contributed by atoms with van der Waals surface area (Å²) in [6, 6.07) is 0. The molecule has 0 N–H and O–H groups in total. The molecule has 0 heterocycles. The van der Waals surface area contributed by atoms with Crippen molar-refractivity contribution in [2.24, 2.45) is 0 Å². The Bertz CT molecular complexity index is 646. The Kier molecular flexibility index (Phi) is 33.7. The van der Waals surface area contributed by atoms with Gasteiger partial charge in [-0.25, -0.2) is 0 Å². The molecule has 0 aliphatic heterocycles. The van der Waals surface area contributed by atoms with Crippen LogP contribution < -0.4 is 0 Å². The molecule has 0 bridgehead atoms. The summed E-state index contributed by atoms with van der Waals surface area (Å²) in [4.78, 5) is 10.0. The van der Waals surface area contributed by atoms with E-state index in [0.717, 1.165) is 51.6 Å². The van der Waals surface area contributed by atoms with Crippen molar-refractivity contribution in [1.29, 1.82) is 0 Å². The van der Waals surface area contributed by atoms with Gasteiger partial charge in [-0.15, -0.1) is 0 Å². The third-order valence-corrected chi connectivity index (χ3v) is 4.98. The van der Waals surface area contributed by atoms with Crippen molar-refractivity contribution in [2.75, 3.05) is 13.2 Å². The quantitative estimate of drug-likeness (QED) is 0.0755. The van der Waals surface area contributed by atoms with Crippen LogP contribution in [0.1, 0.15) is 104 Å². The highest BCUT2D eigenvalue weighted by Crippen LogP contribution is 2.11. The van der Waals surface area contributed by atoms with Crippen molar-refractivity contribution in [2.45, 2.75) is 110 Å². The second-order valence-corrected chi connectivity index (χ2v) is 7.99. The second kappa shape index (κ2) is 33.8. The van der Waals surface area contributed by atoms with Crippen LogP contribution in [0.25, 0.3) is 0 Å². The van der Waals surface area contributed by atoms with Gasteiger partial charge in [-0.1, -0.05) is 87.5 Å². The van der Waals surface area contributed by atoms with Crippen LogP contribution in [0.3, 0.4) is 0 Å². The van der Waals surface area contributed by atoms with Crippen molar-refractivity contribution < 1.29 is 14.3 Å². The minimum atomic E-state index is -0.00336. The molecule has 35 heavy (non-hydrogen) atoms. The van der Waals surface area contributed by atoms with E-state index in [0.29, 0.717) is 0 Å². The highest BCUT2D eigenvalue weighted by molar-refractivity contribution is 5.48. The molecule has 0 rings (SSSR count). The van der Waals surface area contributed by atoms with Crippen molar-refractivity contribution in [3.05, 3.63) is 49.6 Å². The molecule has 0 radical (unpaired) electrons. The molecule has 0 saturated heterocycles. The van der Waals surface area contributed by atoms with Crippen LogP contribution in [-0.2, 0) is 14.3 Å². The predicted molar refractivity (Wildman–Crippen MR) is 152 cm³/mol. The molecule has 0 spiro atoms. The summed E-state index contributed by atoms with van der Waals surface area (Å²) in [5.41, 5.74) is 0. The first-order chi connectivity index (χ1) is 17.3. The molecule has 3 nitrogen and oxygen atoms in total. The van der Waals surface area contributed by atoms with Gasteiger partial charge in [0.15, 0.2) is 6.29 Å². The summed E-state index contributed by atoms with van der Waals surface area (Å²) >= 11 is 0. The van der Waals surface area contributed by atoms with Crippen LogP contribution in [0.15, 0.2) is 49.6 Å². The monoisotopic (exact) mass is 482 g/mol. The van der Waals surface area contributed by atoms with E-state index in [1.165, 1.54) is 57.8 Å². The molecule has 0 aromatic carbocycles. The van der Waals surface area contributed by atoms with E-state index in [4.69, 9.17) is 9.47 Å². The van der Waals surface area contributed by atoms with Gasteiger partial charge in [-0.2, -0.15) is 0 Å². The van der Waals surface area contributed by atoms with Gasteiger partial charge >= 0.3 is 0 Å². The standard InChI is InChI=1S/C18H30O2.C14H20O/c1-4-7-8-9-10-11-12-13-14-15-16-17-18(19-5-2)20-6-3;1-2-3-4-5-6-7-8-9-10-11-12-13-14-15/h4,9-10,18H,1,5-6,11-17H2,2-3H3;2,5-6,14H,1,7-13H2/b10-9-;6-5-. The van der Waals surface area contributed by atoms with Crippen molar-refractivity contribution in [3.63, 3.8) is 0 Å². The fraction of sp³-hybridized carbons (Fsp3) is 0.594. The van der Waals surface area contributed by atoms with Crippen LogP contribution in [0, 0.1) is 23.7 Å². The minimum Gasteiger partial charge on any atom is -0.353 e. The van der Waals surface area contributed by atoms with Crippen molar-refractivity contribution in [3.8, 4) is 23.7 Å². The summed E-state index contributed by atoms with van der Waals surface area (Å²) in [6.45, 7) is 12.5. The summed E-state index contributed by atoms with van der Waals surface area (Å²) in [5.74, 6) is 11.3. The molecule has 0 aromatic heterocycles. The maximum Gasteiger partial charge on any atom is 0.157 e. The SMILES string of the molecule is C=CC#C/C=C\CCCCCCCC(OCC)OCC.C=CC#C/C=C\CCCCCCCC=O. The lowest BCUT2D eigenvalue weighted by Crippen LogP contribution is -2.17. The van der Waals surface area contributed by atoms with Gasteiger partial charge < -0.3 is 14.3 Å². The fourth-order valence-electron chi connectivity index (χ4n) is 3.21. The lowest BCUT2D eigenvalue weighted by Gasteiger charge is -2.16. The van der Waals surface area contributed by atoms with Crippen LogP contribution in [0.4, 0.5) is 0 Å².